The molecule has 2 N–H and O–H groups in total. The van der Waals surface area contributed by atoms with Crippen molar-refractivity contribution in [2.75, 3.05) is 49.1 Å². The second-order valence-corrected chi connectivity index (χ2v) is 17.6. The van der Waals surface area contributed by atoms with E-state index in [1.807, 2.05) is 18.3 Å². The Morgan fingerprint density at radius 1 is 0.982 bits per heavy atom. The number of nitrogens with one attached hydrogen (secondary N) is 2. The lowest BCUT2D eigenvalue weighted by Gasteiger charge is -2.63. The number of nitrogens with zero attached hydrogens (tertiary/aromatic N) is 7. The largest absolute Gasteiger partial charge is 0.489 e. The molecule has 0 spiro atoms. The third-order valence-electron chi connectivity index (χ3n) is 12.8. The van der Waals surface area contributed by atoms with E-state index in [1.54, 1.807) is 35.5 Å². The first-order valence-electron chi connectivity index (χ1n) is 20.0. The van der Waals surface area contributed by atoms with Gasteiger partial charge in [0, 0.05) is 92.4 Å². The minimum Gasteiger partial charge on any atom is -0.489 e. The van der Waals surface area contributed by atoms with Gasteiger partial charge in [0.2, 0.25) is 5.91 Å². The summed E-state index contributed by atoms with van der Waals surface area (Å²) in [5, 5.41) is 16.2. The molecule has 57 heavy (non-hydrogen) atoms. The molecule has 4 amide bonds. The van der Waals surface area contributed by atoms with Crippen molar-refractivity contribution in [1.29, 1.82) is 5.26 Å². The molecule has 14 heteroatoms. The number of nitriles is 1. The van der Waals surface area contributed by atoms with Crippen LogP contribution < -0.4 is 25.2 Å². The van der Waals surface area contributed by atoms with Crippen molar-refractivity contribution in [2.45, 2.75) is 78.0 Å². The first-order chi connectivity index (χ1) is 27.3. The number of benzene rings is 1. The number of hydrogen-bond acceptors (Lipinski definition) is 9. The zero-order chi connectivity index (χ0) is 40.1. The fraction of sp³-hybridized carbons (Fsp3) is 0.488. The summed E-state index contributed by atoms with van der Waals surface area (Å²) in [6, 6.07) is 12.9. The number of imide groups is 1. The number of likely N-dealkylation sites (tertiary alicyclic amines) is 1. The van der Waals surface area contributed by atoms with Gasteiger partial charge in [-0.2, -0.15) is 5.26 Å². The highest BCUT2D eigenvalue weighted by Crippen LogP contribution is 2.55. The van der Waals surface area contributed by atoms with Crippen molar-refractivity contribution >= 4 is 51.9 Å². The molecular weight excluding hydrogens is 742 g/mol. The normalized spacial score (nSPS) is 22.8. The van der Waals surface area contributed by atoms with Gasteiger partial charge in [-0.15, -0.1) is 0 Å². The van der Waals surface area contributed by atoms with E-state index in [9.17, 15) is 19.6 Å². The monoisotopic (exact) mass is 791 g/mol. The Kier molecular flexibility index (Phi) is 10.4. The lowest BCUT2D eigenvalue weighted by molar-refractivity contribution is -0.164. The third-order valence-corrected chi connectivity index (χ3v) is 13.1. The number of pyridine rings is 2. The van der Waals surface area contributed by atoms with Gasteiger partial charge in [0.25, 0.3) is 5.91 Å². The van der Waals surface area contributed by atoms with Gasteiger partial charge in [0.15, 0.2) is 0 Å². The number of amides is 4. The second kappa shape index (κ2) is 15.3. The summed E-state index contributed by atoms with van der Waals surface area (Å²) < 4.78 is 8.69. The number of fused-ring (bicyclic) bond motifs is 1. The minimum atomic E-state index is -0.393. The van der Waals surface area contributed by atoms with Crippen molar-refractivity contribution in [3.8, 4) is 11.8 Å². The van der Waals surface area contributed by atoms with Crippen LogP contribution in [0.15, 0.2) is 61.2 Å². The molecule has 3 aliphatic heterocycles. The minimum absolute atomic E-state index is 0.134. The van der Waals surface area contributed by atoms with Gasteiger partial charge in [0.05, 0.1) is 39.7 Å². The molecule has 13 nitrogen and oxygen atoms in total. The van der Waals surface area contributed by atoms with E-state index in [0.717, 1.165) is 80.8 Å². The smallest absolute Gasteiger partial charge is 0.328 e. The molecule has 4 fully saturated rings. The summed E-state index contributed by atoms with van der Waals surface area (Å²) in [6.07, 6.45) is 11.8. The Morgan fingerprint density at radius 2 is 1.74 bits per heavy atom. The van der Waals surface area contributed by atoms with Crippen LogP contribution in [0.25, 0.3) is 10.9 Å². The number of carbonyl (C=O) groups excluding carboxylic acids is 3. The number of hydrogen-bond donors (Lipinski definition) is 2. The maximum atomic E-state index is 13.5. The third kappa shape index (κ3) is 7.41. The highest BCUT2D eigenvalue weighted by atomic mass is 35.5. The number of rotatable bonds is 9. The zero-order valence-corrected chi connectivity index (χ0v) is 33.8. The van der Waals surface area contributed by atoms with Gasteiger partial charge in [-0.3, -0.25) is 24.8 Å². The summed E-state index contributed by atoms with van der Waals surface area (Å²) in [5.41, 5.74) is 1.98. The Balaban J connectivity index is 0.800. The first kappa shape index (κ1) is 38.7. The van der Waals surface area contributed by atoms with E-state index >= 15 is 0 Å². The first-order valence-corrected chi connectivity index (χ1v) is 20.4. The molecule has 4 aliphatic rings. The fourth-order valence-electron chi connectivity index (χ4n) is 10.00. The van der Waals surface area contributed by atoms with E-state index in [2.05, 4.69) is 76.0 Å². The number of ether oxygens (including phenoxy) is 1. The van der Waals surface area contributed by atoms with Gasteiger partial charge >= 0.3 is 6.03 Å². The Hall–Kier alpha value is -5.19. The molecule has 3 aromatic heterocycles. The molecule has 1 aromatic carbocycles. The molecule has 298 valence electrons. The van der Waals surface area contributed by atoms with Gasteiger partial charge in [-0.1, -0.05) is 39.3 Å². The summed E-state index contributed by atoms with van der Waals surface area (Å²) in [6.45, 7) is 13.8. The average molecular weight is 792 g/mol. The van der Waals surface area contributed by atoms with Crippen molar-refractivity contribution in [1.82, 2.24) is 30.1 Å². The molecule has 1 saturated carbocycles. The number of piperidine rings is 2. The molecule has 1 aliphatic carbocycles. The van der Waals surface area contributed by atoms with Gasteiger partial charge in [-0.05, 0) is 61.9 Å². The van der Waals surface area contributed by atoms with Crippen LogP contribution in [0.3, 0.4) is 0 Å². The molecule has 0 unspecified atom stereocenters. The quantitative estimate of drug-likeness (QED) is 0.192. The van der Waals surface area contributed by atoms with Crippen molar-refractivity contribution < 1.29 is 19.1 Å². The predicted octanol–water partition coefficient (Wildman–Crippen LogP) is 6.57. The van der Waals surface area contributed by atoms with Crippen LogP contribution in [-0.2, 0) is 4.79 Å². The van der Waals surface area contributed by atoms with Gasteiger partial charge in [-0.25, -0.2) is 9.78 Å². The summed E-state index contributed by atoms with van der Waals surface area (Å²) >= 11 is 6.25. The molecular formula is C43H50ClN9O4. The van der Waals surface area contributed by atoms with Crippen molar-refractivity contribution in [3.05, 3.63) is 77.3 Å². The number of carbonyl (C=O) groups is 3. The SMILES string of the molecule is CC1(C)C(NC(=O)c2ccc(N3CCC(CN4CCC(n5ccc6c(N7CCC(=O)NC7=O)cncc65)CC4)CC3)nc2)C(C)(C)C1Oc1ccc(C#N)c(Cl)c1. The number of aromatic nitrogens is 3. The zero-order valence-electron chi connectivity index (χ0n) is 33.0. The van der Waals surface area contributed by atoms with E-state index < -0.39 is 6.03 Å². The number of halogens is 1. The van der Waals surface area contributed by atoms with Crippen molar-refractivity contribution in [3.63, 3.8) is 0 Å². The lowest BCUT2D eigenvalue weighted by Crippen LogP contribution is -2.74. The van der Waals surface area contributed by atoms with Crippen LogP contribution in [-0.4, -0.2) is 88.7 Å². The topological polar surface area (TPSA) is 149 Å². The number of anilines is 2. The van der Waals surface area contributed by atoms with Crippen LogP contribution >= 0.6 is 11.6 Å². The van der Waals surface area contributed by atoms with Crippen molar-refractivity contribution in [2.24, 2.45) is 16.7 Å². The Bertz CT molecular complexity index is 2200. The summed E-state index contributed by atoms with van der Waals surface area (Å²) in [4.78, 5) is 53.4. The molecule has 0 radical (unpaired) electrons. The van der Waals surface area contributed by atoms with E-state index in [-0.39, 0.29) is 41.2 Å². The molecule has 6 heterocycles. The molecule has 4 aromatic rings. The van der Waals surface area contributed by atoms with E-state index in [0.29, 0.717) is 40.4 Å². The Morgan fingerprint density at radius 3 is 2.40 bits per heavy atom. The van der Waals surface area contributed by atoms with E-state index in [4.69, 9.17) is 21.3 Å². The molecule has 0 atom stereocenters. The average Bonchev–Trinajstić information content (AvgIpc) is 3.64. The van der Waals surface area contributed by atoms with Gasteiger partial charge in [0.1, 0.15) is 23.7 Å². The summed E-state index contributed by atoms with van der Waals surface area (Å²) in [7, 11) is 0. The number of urea groups is 1. The van der Waals surface area contributed by atoms with Crippen LogP contribution in [0, 0.1) is 28.1 Å². The highest BCUT2D eigenvalue weighted by Gasteiger charge is 2.64. The molecule has 3 saturated heterocycles. The predicted molar refractivity (Wildman–Crippen MR) is 219 cm³/mol. The van der Waals surface area contributed by atoms with Crippen LogP contribution in [0.1, 0.15) is 81.8 Å². The van der Waals surface area contributed by atoms with Crippen LogP contribution in [0.2, 0.25) is 5.02 Å². The summed E-state index contributed by atoms with van der Waals surface area (Å²) in [5.74, 6) is 1.73. The van der Waals surface area contributed by atoms with Crippen LogP contribution in [0.5, 0.6) is 5.75 Å². The Labute approximate surface area is 338 Å². The standard InChI is InChI=1S/C43H50ClN9O4/c1-42(2)39(43(3,4)40(42)57-31-7-5-28(22-45)33(44)21-31)49-38(55)29-6-8-36(47-23-29)51-17-9-27(10-18-51)26-50-15-11-30(12-16-50)52-19-13-32-34(52)24-46-25-35(32)53-20-14-37(54)48-41(53)56/h5-8,13,19,21,23-25,27,30,39-40H,9-12,14-18,20,26H2,1-4H3,(H,49,55)(H,48,54,56). The molecule has 8 rings (SSSR count). The molecule has 0 bridgehead atoms. The fourth-order valence-corrected chi connectivity index (χ4v) is 10.2. The van der Waals surface area contributed by atoms with Gasteiger partial charge < -0.3 is 24.4 Å². The second-order valence-electron chi connectivity index (χ2n) is 17.2. The van der Waals surface area contributed by atoms with E-state index in [1.165, 1.54) is 0 Å². The maximum Gasteiger partial charge on any atom is 0.328 e. The highest BCUT2D eigenvalue weighted by molar-refractivity contribution is 6.31. The maximum absolute atomic E-state index is 13.5. The lowest BCUT2D eigenvalue weighted by atomic mass is 9.49. The van der Waals surface area contributed by atoms with Crippen LogP contribution in [0.4, 0.5) is 16.3 Å².